The van der Waals surface area contributed by atoms with E-state index in [0.29, 0.717) is 17.3 Å². The quantitative estimate of drug-likeness (QED) is 0.884. The fourth-order valence-corrected chi connectivity index (χ4v) is 2.67. The van der Waals surface area contributed by atoms with Crippen LogP contribution in [-0.2, 0) is 11.3 Å². The molecule has 0 radical (unpaired) electrons. The van der Waals surface area contributed by atoms with E-state index in [4.69, 9.17) is 12.2 Å². The van der Waals surface area contributed by atoms with Crippen LogP contribution in [0.4, 0.5) is 5.69 Å². The molecule has 21 heavy (non-hydrogen) atoms. The fourth-order valence-electron chi connectivity index (χ4n) is 2.33. The zero-order valence-electron chi connectivity index (χ0n) is 11.3. The van der Waals surface area contributed by atoms with E-state index in [-0.39, 0.29) is 18.2 Å². The van der Waals surface area contributed by atoms with Crippen molar-refractivity contribution >= 4 is 28.9 Å². The van der Waals surface area contributed by atoms with Crippen LogP contribution < -0.4 is 4.90 Å². The number of aromatic hydroxyl groups is 1. The average Bonchev–Trinajstić information content (AvgIpc) is 2.76. The van der Waals surface area contributed by atoms with Gasteiger partial charge >= 0.3 is 0 Å². The number of anilines is 1. The van der Waals surface area contributed by atoms with E-state index in [1.807, 2.05) is 35.2 Å². The Morgan fingerprint density at radius 2 is 1.71 bits per heavy atom. The average molecular weight is 298 g/mol. The van der Waals surface area contributed by atoms with Gasteiger partial charge < -0.3 is 10.0 Å². The Morgan fingerprint density at radius 3 is 2.38 bits per heavy atom. The summed E-state index contributed by atoms with van der Waals surface area (Å²) in [6.07, 6.45) is 0. The van der Waals surface area contributed by atoms with E-state index in [9.17, 15) is 9.90 Å². The molecule has 2 aromatic rings. The number of rotatable bonds is 3. The topological polar surface area (TPSA) is 43.8 Å². The first-order valence-corrected chi connectivity index (χ1v) is 7.01. The summed E-state index contributed by atoms with van der Waals surface area (Å²) in [5.41, 5.74) is 1.79. The lowest BCUT2D eigenvalue weighted by atomic mass is 10.2. The van der Waals surface area contributed by atoms with Crippen LogP contribution in [0.2, 0.25) is 0 Å². The molecule has 0 aliphatic carbocycles. The third-order valence-corrected chi connectivity index (χ3v) is 3.80. The van der Waals surface area contributed by atoms with Crippen molar-refractivity contribution in [2.24, 2.45) is 0 Å². The van der Waals surface area contributed by atoms with Crippen molar-refractivity contribution in [3.63, 3.8) is 0 Å². The minimum atomic E-state index is -0.0541. The summed E-state index contributed by atoms with van der Waals surface area (Å²) in [7, 11) is 0. The maximum Gasteiger partial charge on any atom is 0.252 e. The molecule has 2 aromatic carbocycles. The number of thiocarbonyl (C=S) groups is 1. The fraction of sp³-hybridized carbons (Fsp3) is 0.125. The summed E-state index contributed by atoms with van der Waals surface area (Å²) in [6, 6.07) is 16.4. The van der Waals surface area contributed by atoms with Gasteiger partial charge in [-0.05, 0) is 42.0 Å². The van der Waals surface area contributed by atoms with E-state index in [1.54, 1.807) is 24.3 Å². The van der Waals surface area contributed by atoms with Crippen molar-refractivity contribution in [3.05, 3.63) is 60.2 Å². The third kappa shape index (κ3) is 2.73. The molecule has 1 N–H and O–H groups in total. The number of benzene rings is 2. The normalized spacial score (nSPS) is 14.9. The Balaban J connectivity index is 1.80. The summed E-state index contributed by atoms with van der Waals surface area (Å²) in [5.74, 6) is 0.110. The van der Waals surface area contributed by atoms with Gasteiger partial charge in [-0.15, -0.1) is 0 Å². The minimum Gasteiger partial charge on any atom is -0.508 e. The van der Waals surface area contributed by atoms with E-state index >= 15 is 0 Å². The van der Waals surface area contributed by atoms with Crippen LogP contribution >= 0.6 is 12.2 Å². The lowest BCUT2D eigenvalue weighted by Crippen LogP contribution is -2.32. The second-order valence-electron chi connectivity index (χ2n) is 4.87. The van der Waals surface area contributed by atoms with Gasteiger partial charge in [0, 0.05) is 6.54 Å². The molecule has 1 fully saturated rings. The van der Waals surface area contributed by atoms with Crippen LogP contribution in [0.5, 0.6) is 5.75 Å². The number of phenols is 1. The predicted molar refractivity (Wildman–Crippen MR) is 85.0 cm³/mol. The van der Waals surface area contributed by atoms with Gasteiger partial charge in [-0.1, -0.05) is 30.3 Å². The highest BCUT2D eigenvalue weighted by molar-refractivity contribution is 7.80. The lowest BCUT2D eigenvalue weighted by Gasteiger charge is -2.20. The molecule has 1 aliphatic rings. The summed E-state index contributed by atoms with van der Waals surface area (Å²) in [4.78, 5) is 15.6. The molecule has 0 saturated carbocycles. The first kappa shape index (κ1) is 13.6. The van der Waals surface area contributed by atoms with Crippen LogP contribution in [0.15, 0.2) is 54.6 Å². The Labute approximate surface area is 128 Å². The third-order valence-electron chi connectivity index (χ3n) is 3.36. The van der Waals surface area contributed by atoms with Crippen molar-refractivity contribution in [1.29, 1.82) is 0 Å². The maximum absolute atomic E-state index is 12.2. The van der Waals surface area contributed by atoms with E-state index in [0.717, 1.165) is 5.56 Å². The molecular formula is C16H14N2O2S. The Bertz CT molecular complexity index is 670. The van der Waals surface area contributed by atoms with Gasteiger partial charge in [0.2, 0.25) is 0 Å². The van der Waals surface area contributed by atoms with Crippen LogP contribution in [0.25, 0.3) is 0 Å². The molecule has 106 valence electrons. The summed E-state index contributed by atoms with van der Waals surface area (Å²) >= 11 is 5.42. The van der Waals surface area contributed by atoms with Gasteiger partial charge in [0.15, 0.2) is 5.11 Å². The molecule has 4 nitrogen and oxygen atoms in total. The van der Waals surface area contributed by atoms with E-state index in [1.165, 1.54) is 4.90 Å². The molecule has 0 unspecified atom stereocenters. The SMILES string of the molecule is O=C1CN(Cc2ccccc2)C(=S)N1c1ccc(O)cc1. The first-order chi connectivity index (χ1) is 10.1. The van der Waals surface area contributed by atoms with Gasteiger partial charge in [0.25, 0.3) is 5.91 Å². The molecule has 5 heteroatoms. The molecule has 0 bridgehead atoms. The second-order valence-corrected chi connectivity index (χ2v) is 5.23. The Morgan fingerprint density at radius 1 is 1.05 bits per heavy atom. The largest absolute Gasteiger partial charge is 0.508 e. The first-order valence-electron chi connectivity index (χ1n) is 6.60. The maximum atomic E-state index is 12.2. The summed E-state index contributed by atoms with van der Waals surface area (Å²) in [5, 5.41) is 9.83. The molecule has 0 atom stereocenters. The minimum absolute atomic E-state index is 0.0541. The molecule has 1 heterocycles. The molecule has 3 rings (SSSR count). The van der Waals surface area contributed by atoms with Gasteiger partial charge in [0.1, 0.15) is 12.3 Å². The van der Waals surface area contributed by atoms with Gasteiger partial charge in [-0.3, -0.25) is 9.69 Å². The molecule has 1 amide bonds. The van der Waals surface area contributed by atoms with Crippen LogP contribution in [-0.4, -0.2) is 27.6 Å². The van der Waals surface area contributed by atoms with Crippen molar-refractivity contribution in [3.8, 4) is 5.75 Å². The number of hydrogen-bond donors (Lipinski definition) is 1. The summed E-state index contributed by atoms with van der Waals surface area (Å²) in [6.45, 7) is 0.884. The number of carbonyl (C=O) groups is 1. The highest BCUT2D eigenvalue weighted by Crippen LogP contribution is 2.24. The second kappa shape index (κ2) is 5.54. The number of phenolic OH excluding ortho intramolecular Hbond substituents is 1. The van der Waals surface area contributed by atoms with Crippen LogP contribution in [0.1, 0.15) is 5.56 Å². The summed E-state index contributed by atoms with van der Waals surface area (Å²) < 4.78 is 0. The number of hydrogen-bond acceptors (Lipinski definition) is 3. The van der Waals surface area contributed by atoms with Crippen LogP contribution in [0, 0.1) is 0 Å². The number of carbonyl (C=O) groups excluding carboxylic acids is 1. The van der Waals surface area contributed by atoms with Gasteiger partial charge in [-0.2, -0.15) is 0 Å². The van der Waals surface area contributed by atoms with E-state index in [2.05, 4.69) is 0 Å². The van der Waals surface area contributed by atoms with Crippen molar-refractivity contribution < 1.29 is 9.90 Å². The van der Waals surface area contributed by atoms with E-state index < -0.39 is 0 Å². The van der Waals surface area contributed by atoms with Gasteiger partial charge in [-0.25, -0.2) is 0 Å². The molecule has 1 saturated heterocycles. The molecule has 1 aliphatic heterocycles. The van der Waals surface area contributed by atoms with Crippen LogP contribution in [0.3, 0.4) is 0 Å². The zero-order valence-corrected chi connectivity index (χ0v) is 12.1. The van der Waals surface area contributed by atoms with Gasteiger partial charge in [0.05, 0.1) is 5.69 Å². The highest BCUT2D eigenvalue weighted by Gasteiger charge is 2.33. The van der Waals surface area contributed by atoms with Crippen molar-refractivity contribution in [2.75, 3.05) is 11.4 Å². The zero-order chi connectivity index (χ0) is 14.8. The van der Waals surface area contributed by atoms with Crippen molar-refractivity contribution in [1.82, 2.24) is 4.90 Å². The predicted octanol–water partition coefficient (Wildman–Crippen LogP) is 2.53. The monoisotopic (exact) mass is 298 g/mol. The molecule has 0 spiro atoms. The highest BCUT2D eigenvalue weighted by atomic mass is 32.1. The Kier molecular flexibility index (Phi) is 3.58. The number of nitrogens with zero attached hydrogens (tertiary/aromatic N) is 2. The number of amides is 1. The lowest BCUT2D eigenvalue weighted by molar-refractivity contribution is -0.116. The standard InChI is InChI=1S/C16H14N2O2S/c19-14-8-6-13(7-9-14)18-15(20)11-17(16(18)21)10-12-4-2-1-3-5-12/h1-9,19H,10-11H2. The Hall–Kier alpha value is -2.40. The molecular weight excluding hydrogens is 284 g/mol. The van der Waals surface area contributed by atoms with Crippen molar-refractivity contribution in [2.45, 2.75) is 6.54 Å². The smallest absolute Gasteiger partial charge is 0.252 e. The molecule has 0 aromatic heterocycles.